The van der Waals surface area contributed by atoms with Crippen LogP contribution in [0.15, 0.2) is 42.5 Å². The Bertz CT molecular complexity index is 752. The normalized spacial score (nSPS) is 10.9. The molecule has 1 aromatic heterocycles. The Balaban J connectivity index is 2.24. The van der Waals surface area contributed by atoms with Crippen molar-refractivity contribution < 1.29 is 0 Å². The van der Waals surface area contributed by atoms with Crippen LogP contribution in [0.1, 0.15) is 5.56 Å². The molecule has 0 aliphatic rings. The molecular weight excluding hydrogens is 279 g/mol. The van der Waals surface area contributed by atoms with Crippen molar-refractivity contribution in [3.63, 3.8) is 0 Å². The topological polar surface area (TPSA) is 25.8 Å². The van der Waals surface area contributed by atoms with Crippen LogP contribution in [0.25, 0.3) is 22.3 Å². The van der Waals surface area contributed by atoms with Gasteiger partial charge in [-0.15, -0.1) is 0 Å². The first-order valence-electron chi connectivity index (χ1n) is 5.84. The molecule has 0 radical (unpaired) electrons. The summed E-state index contributed by atoms with van der Waals surface area (Å²) in [5.74, 6) is 0.611. The van der Waals surface area contributed by atoms with Crippen molar-refractivity contribution in [3.8, 4) is 11.4 Å². The molecule has 0 aliphatic carbocycles. The summed E-state index contributed by atoms with van der Waals surface area (Å²) in [5, 5.41) is 1.64. The van der Waals surface area contributed by atoms with Gasteiger partial charge in [0.25, 0.3) is 0 Å². The molecule has 0 spiro atoms. The van der Waals surface area contributed by atoms with E-state index in [2.05, 4.69) is 9.97 Å². The van der Waals surface area contributed by atoms with Crippen molar-refractivity contribution in [3.05, 3.63) is 58.2 Å². The lowest BCUT2D eigenvalue weighted by Gasteiger charge is -2.06. The second-order valence-corrected chi connectivity index (χ2v) is 5.10. The van der Waals surface area contributed by atoms with Gasteiger partial charge in [-0.2, -0.15) is 0 Å². The summed E-state index contributed by atoms with van der Waals surface area (Å²) in [6.07, 6.45) is 0. The van der Waals surface area contributed by atoms with Crippen LogP contribution in [0.5, 0.6) is 0 Å². The number of hydrogen-bond donors (Lipinski definition) is 0. The lowest BCUT2D eigenvalue weighted by molar-refractivity contribution is 1.22. The molecule has 0 N–H and O–H groups in total. The molecule has 0 unspecified atom stereocenters. The van der Waals surface area contributed by atoms with E-state index in [1.165, 1.54) is 5.56 Å². The summed E-state index contributed by atoms with van der Waals surface area (Å²) < 4.78 is 0. The van der Waals surface area contributed by atoms with Crippen LogP contribution in [0.3, 0.4) is 0 Å². The Morgan fingerprint density at radius 1 is 0.895 bits per heavy atom. The van der Waals surface area contributed by atoms with Gasteiger partial charge in [0.1, 0.15) is 5.15 Å². The van der Waals surface area contributed by atoms with E-state index in [0.29, 0.717) is 21.4 Å². The van der Waals surface area contributed by atoms with E-state index in [-0.39, 0.29) is 0 Å². The van der Waals surface area contributed by atoms with E-state index >= 15 is 0 Å². The van der Waals surface area contributed by atoms with E-state index in [1.54, 1.807) is 6.07 Å². The number of hydrogen-bond acceptors (Lipinski definition) is 2. The highest BCUT2D eigenvalue weighted by Gasteiger charge is 2.10. The number of fused-ring (bicyclic) bond motifs is 1. The lowest BCUT2D eigenvalue weighted by atomic mass is 10.1. The molecule has 0 amide bonds. The summed E-state index contributed by atoms with van der Waals surface area (Å²) in [6.45, 7) is 2.04. The van der Waals surface area contributed by atoms with Gasteiger partial charge in [0, 0.05) is 5.56 Å². The average Bonchev–Trinajstić information content (AvgIpc) is 2.39. The zero-order valence-corrected chi connectivity index (χ0v) is 11.7. The van der Waals surface area contributed by atoms with Crippen LogP contribution >= 0.6 is 23.2 Å². The molecule has 19 heavy (non-hydrogen) atoms. The molecule has 0 saturated heterocycles. The highest BCUT2D eigenvalue weighted by atomic mass is 35.5. The molecule has 3 aromatic rings. The van der Waals surface area contributed by atoms with Crippen molar-refractivity contribution in [2.24, 2.45) is 0 Å². The Morgan fingerprint density at radius 3 is 2.37 bits per heavy atom. The number of nitrogens with zero attached hydrogens (tertiary/aromatic N) is 2. The Kier molecular flexibility index (Phi) is 3.13. The summed E-state index contributed by atoms with van der Waals surface area (Å²) in [7, 11) is 0. The van der Waals surface area contributed by atoms with Gasteiger partial charge >= 0.3 is 0 Å². The Labute approximate surface area is 121 Å². The zero-order chi connectivity index (χ0) is 13.4. The second kappa shape index (κ2) is 4.80. The summed E-state index contributed by atoms with van der Waals surface area (Å²) in [6, 6.07) is 13.5. The van der Waals surface area contributed by atoms with Crippen LogP contribution in [0, 0.1) is 6.92 Å². The molecule has 2 nitrogen and oxygen atoms in total. The molecule has 94 valence electrons. The van der Waals surface area contributed by atoms with E-state index < -0.39 is 0 Å². The van der Waals surface area contributed by atoms with E-state index in [9.17, 15) is 0 Å². The van der Waals surface area contributed by atoms with Crippen molar-refractivity contribution in [1.29, 1.82) is 0 Å². The minimum Gasteiger partial charge on any atom is -0.228 e. The first kappa shape index (κ1) is 12.4. The van der Waals surface area contributed by atoms with Crippen LogP contribution in [0.2, 0.25) is 10.2 Å². The molecule has 0 atom stereocenters. The van der Waals surface area contributed by atoms with Gasteiger partial charge in [0.05, 0.1) is 15.9 Å². The van der Waals surface area contributed by atoms with Crippen molar-refractivity contribution in [2.75, 3.05) is 0 Å². The standard InChI is InChI=1S/C15H10Cl2N2/c1-9-5-7-10(8-6-9)15-18-12-4-2-3-11(16)13(12)14(17)19-15/h2-8H,1H3. The highest BCUT2D eigenvalue weighted by Crippen LogP contribution is 2.30. The fraction of sp³-hybridized carbons (Fsp3) is 0.0667. The summed E-state index contributed by atoms with van der Waals surface area (Å²) in [4.78, 5) is 8.85. The third-order valence-electron chi connectivity index (χ3n) is 2.94. The minimum absolute atomic E-state index is 0.381. The maximum absolute atomic E-state index is 6.21. The summed E-state index contributed by atoms with van der Waals surface area (Å²) >= 11 is 12.3. The van der Waals surface area contributed by atoms with E-state index in [1.807, 2.05) is 43.3 Å². The largest absolute Gasteiger partial charge is 0.228 e. The molecule has 4 heteroatoms. The maximum atomic E-state index is 6.21. The molecular formula is C15H10Cl2N2. The average molecular weight is 289 g/mol. The van der Waals surface area contributed by atoms with Gasteiger partial charge in [0.15, 0.2) is 5.82 Å². The fourth-order valence-corrected chi connectivity index (χ4v) is 2.52. The highest BCUT2D eigenvalue weighted by molar-refractivity contribution is 6.41. The maximum Gasteiger partial charge on any atom is 0.161 e. The molecule has 0 bridgehead atoms. The zero-order valence-electron chi connectivity index (χ0n) is 10.2. The minimum atomic E-state index is 0.381. The second-order valence-electron chi connectivity index (χ2n) is 4.34. The quantitative estimate of drug-likeness (QED) is 0.595. The number of rotatable bonds is 1. The third-order valence-corrected chi connectivity index (χ3v) is 3.53. The van der Waals surface area contributed by atoms with Gasteiger partial charge in [-0.1, -0.05) is 59.1 Å². The monoisotopic (exact) mass is 288 g/mol. The van der Waals surface area contributed by atoms with E-state index in [4.69, 9.17) is 23.2 Å². The van der Waals surface area contributed by atoms with Crippen LogP contribution in [-0.4, -0.2) is 9.97 Å². The van der Waals surface area contributed by atoms with Crippen molar-refractivity contribution in [1.82, 2.24) is 9.97 Å². The number of aryl methyl sites for hydroxylation is 1. The van der Waals surface area contributed by atoms with Gasteiger partial charge in [-0.25, -0.2) is 9.97 Å². The molecule has 0 fully saturated rings. The number of benzene rings is 2. The van der Waals surface area contributed by atoms with Crippen molar-refractivity contribution in [2.45, 2.75) is 6.92 Å². The van der Waals surface area contributed by atoms with Gasteiger partial charge in [-0.05, 0) is 19.1 Å². The fourth-order valence-electron chi connectivity index (χ4n) is 1.93. The molecule has 0 aliphatic heterocycles. The molecule has 3 rings (SSSR count). The van der Waals surface area contributed by atoms with Gasteiger partial charge in [0.2, 0.25) is 0 Å². The number of halogens is 2. The molecule has 2 aromatic carbocycles. The SMILES string of the molecule is Cc1ccc(-c2nc(Cl)c3c(Cl)cccc3n2)cc1. The summed E-state index contributed by atoms with van der Waals surface area (Å²) in [5.41, 5.74) is 2.89. The first-order valence-corrected chi connectivity index (χ1v) is 6.59. The predicted octanol–water partition coefficient (Wildman–Crippen LogP) is 4.91. The smallest absolute Gasteiger partial charge is 0.161 e. The molecule has 1 heterocycles. The first-order chi connectivity index (χ1) is 9.15. The van der Waals surface area contributed by atoms with E-state index in [0.717, 1.165) is 11.1 Å². The predicted molar refractivity (Wildman–Crippen MR) is 79.7 cm³/mol. The van der Waals surface area contributed by atoms with Crippen molar-refractivity contribution >= 4 is 34.1 Å². The Hall–Kier alpha value is -1.64. The van der Waals surface area contributed by atoms with Crippen LogP contribution in [-0.2, 0) is 0 Å². The van der Waals surface area contributed by atoms with Gasteiger partial charge < -0.3 is 0 Å². The van der Waals surface area contributed by atoms with Crippen LogP contribution in [0.4, 0.5) is 0 Å². The third kappa shape index (κ3) is 2.29. The van der Waals surface area contributed by atoms with Gasteiger partial charge in [-0.3, -0.25) is 0 Å². The molecule has 0 saturated carbocycles. The van der Waals surface area contributed by atoms with Crippen LogP contribution < -0.4 is 0 Å². The number of aromatic nitrogens is 2. The lowest BCUT2D eigenvalue weighted by Crippen LogP contribution is -1.92. The Morgan fingerprint density at radius 2 is 1.63 bits per heavy atom.